The minimum Gasteiger partial charge on any atom is -0.381 e. The van der Waals surface area contributed by atoms with E-state index in [1.165, 1.54) is 11.3 Å². The normalized spacial score (nSPS) is 23.0. The summed E-state index contributed by atoms with van der Waals surface area (Å²) < 4.78 is 7.00. The minimum atomic E-state index is -0.329. The molecule has 23 heavy (non-hydrogen) atoms. The van der Waals surface area contributed by atoms with Crippen LogP contribution in [0, 0.1) is 16.0 Å². The summed E-state index contributed by atoms with van der Waals surface area (Å²) >= 11 is 1.42. The van der Waals surface area contributed by atoms with Gasteiger partial charge in [0.05, 0.1) is 6.61 Å². The van der Waals surface area contributed by atoms with Crippen LogP contribution in [0.25, 0.3) is 4.96 Å². The number of aromatic nitrogens is 2. The van der Waals surface area contributed by atoms with E-state index < -0.39 is 0 Å². The van der Waals surface area contributed by atoms with Crippen LogP contribution in [-0.2, 0) is 4.74 Å². The second kappa shape index (κ2) is 6.06. The fraction of sp³-hybridized carbons (Fsp3) is 0.643. The molecule has 9 heteroatoms. The molecule has 0 N–H and O–H groups in total. The number of rotatable bonds is 4. The Kier molecular flexibility index (Phi) is 3.92. The molecule has 4 rings (SSSR count). The zero-order valence-electron chi connectivity index (χ0n) is 12.8. The predicted octanol–water partition coefficient (Wildman–Crippen LogP) is 1.46. The standard InChI is InChI=1S/C14H19N5O3S/c20-19(21)13-12(15-14-18(13)6-8-23-14)17-4-2-16(3-5-17)9-11-1-7-22-10-11/h6,8,11H,1-5,7,9-10H2. The lowest BCUT2D eigenvalue weighted by molar-refractivity contribution is -0.389. The molecule has 0 radical (unpaired) electrons. The maximum absolute atomic E-state index is 11.4. The third-order valence-corrected chi connectivity index (χ3v) is 5.36. The van der Waals surface area contributed by atoms with Gasteiger partial charge in [-0.05, 0) is 17.3 Å². The largest absolute Gasteiger partial charge is 0.381 e. The fourth-order valence-electron chi connectivity index (χ4n) is 3.38. The van der Waals surface area contributed by atoms with Gasteiger partial charge in [0.1, 0.15) is 6.20 Å². The summed E-state index contributed by atoms with van der Waals surface area (Å²) in [7, 11) is 0. The van der Waals surface area contributed by atoms with Gasteiger partial charge in [0.2, 0.25) is 5.82 Å². The molecule has 2 aromatic heterocycles. The summed E-state index contributed by atoms with van der Waals surface area (Å²) in [6, 6.07) is 0. The summed E-state index contributed by atoms with van der Waals surface area (Å²) in [4.78, 5) is 20.7. The smallest absolute Gasteiger partial charge is 0.373 e. The molecule has 2 aliphatic heterocycles. The number of hydrogen-bond acceptors (Lipinski definition) is 7. The molecule has 1 atom stereocenters. The average molecular weight is 337 g/mol. The Hall–Kier alpha value is -1.71. The van der Waals surface area contributed by atoms with Crippen LogP contribution in [0.5, 0.6) is 0 Å². The maximum atomic E-state index is 11.4. The van der Waals surface area contributed by atoms with Crippen molar-refractivity contribution in [2.45, 2.75) is 6.42 Å². The van der Waals surface area contributed by atoms with Crippen LogP contribution in [-0.4, -0.2) is 65.1 Å². The van der Waals surface area contributed by atoms with Crippen LogP contribution < -0.4 is 4.90 Å². The van der Waals surface area contributed by atoms with Crippen molar-refractivity contribution in [2.75, 3.05) is 50.8 Å². The van der Waals surface area contributed by atoms with E-state index in [-0.39, 0.29) is 10.7 Å². The second-order valence-corrected chi connectivity index (χ2v) is 6.96. The van der Waals surface area contributed by atoms with Crippen LogP contribution in [0.3, 0.4) is 0 Å². The molecule has 0 bridgehead atoms. The minimum absolute atomic E-state index is 0.0823. The van der Waals surface area contributed by atoms with E-state index in [0.717, 1.165) is 52.4 Å². The van der Waals surface area contributed by atoms with Crippen molar-refractivity contribution < 1.29 is 9.66 Å². The van der Waals surface area contributed by atoms with Crippen molar-refractivity contribution in [3.8, 4) is 0 Å². The Bertz CT molecular complexity index is 700. The number of ether oxygens (including phenoxy) is 1. The lowest BCUT2D eigenvalue weighted by Crippen LogP contribution is -2.48. The molecule has 8 nitrogen and oxygen atoms in total. The molecule has 2 fully saturated rings. The summed E-state index contributed by atoms with van der Waals surface area (Å²) in [6.07, 6.45) is 2.86. The molecule has 0 saturated carbocycles. The van der Waals surface area contributed by atoms with Crippen LogP contribution in [0.1, 0.15) is 6.42 Å². The molecule has 2 saturated heterocycles. The van der Waals surface area contributed by atoms with Crippen molar-refractivity contribution >= 4 is 27.9 Å². The highest BCUT2D eigenvalue weighted by Crippen LogP contribution is 2.31. The summed E-state index contributed by atoms with van der Waals surface area (Å²) in [5.41, 5.74) is 0. The van der Waals surface area contributed by atoms with Gasteiger partial charge in [0.15, 0.2) is 0 Å². The molecule has 2 aromatic rings. The molecular weight excluding hydrogens is 318 g/mol. The Morgan fingerprint density at radius 2 is 2.22 bits per heavy atom. The van der Waals surface area contributed by atoms with E-state index >= 15 is 0 Å². The van der Waals surface area contributed by atoms with E-state index in [0.29, 0.717) is 16.7 Å². The van der Waals surface area contributed by atoms with Crippen molar-refractivity contribution in [1.29, 1.82) is 0 Å². The third-order valence-electron chi connectivity index (χ3n) is 4.60. The van der Waals surface area contributed by atoms with Crippen LogP contribution in [0.4, 0.5) is 11.6 Å². The van der Waals surface area contributed by atoms with Crippen molar-refractivity contribution in [3.05, 3.63) is 21.7 Å². The second-order valence-electron chi connectivity index (χ2n) is 6.09. The highest BCUT2D eigenvalue weighted by atomic mass is 32.1. The van der Waals surface area contributed by atoms with E-state index in [1.807, 2.05) is 10.3 Å². The van der Waals surface area contributed by atoms with E-state index in [1.54, 1.807) is 10.6 Å². The van der Waals surface area contributed by atoms with Crippen LogP contribution >= 0.6 is 11.3 Å². The topological polar surface area (TPSA) is 76.2 Å². The number of nitro groups is 1. The average Bonchev–Trinajstić information content (AvgIpc) is 3.23. The first kappa shape index (κ1) is 14.9. The zero-order chi connectivity index (χ0) is 15.8. The Balaban J connectivity index is 1.46. The van der Waals surface area contributed by atoms with Gasteiger partial charge in [-0.1, -0.05) is 11.3 Å². The summed E-state index contributed by atoms with van der Waals surface area (Å²) in [5.74, 6) is 1.22. The number of nitrogens with zero attached hydrogens (tertiary/aromatic N) is 5. The van der Waals surface area contributed by atoms with E-state index in [9.17, 15) is 10.1 Å². The number of imidazole rings is 1. The Morgan fingerprint density at radius 1 is 1.39 bits per heavy atom. The van der Waals surface area contributed by atoms with Gasteiger partial charge in [0, 0.05) is 44.7 Å². The highest BCUT2D eigenvalue weighted by Gasteiger charge is 2.30. The van der Waals surface area contributed by atoms with Crippen LogP contribution in [0.15, 0.2) is 11.6 Å². The maximum Gasteiger partial charge on any atom is 0.373 e. The molecule has 2 aliphatic rings. The molecule has 124 valence electrons. The number of anilines is 1. The van der Waals surface area contributed by atoms with Crippen molar-refractivity contribution in [2.24, 2.45) is 5.92 Å². The Labute approximate surface area is 137 Å². The van der Waals surface area contributed by atoms with Crippen molar-refractivity contribution in [1.82, 2.24) is 14.3 Å². The lowest BCUT2D eigenvalue weighted by atomic mass is 10.1. The SMILES string of the molecule is O=[N+]([O-])c1c(N2CCN(CC3CCOC3)CC2)nc2sccn12. The molecular formula is C14H19N5O3S. The number of thiazole rings is 1. The highest BCUT2D eigenvalue weighted by molar-refractivity contribution is 7.15. The molecule has 4 heterocycles. The Morgan fingerprint density at radius 3 is 2.91 bits per heavy atom. The van der Waals surface area contributed by atoms with Gasteiger partial charge in [0.25, 0.3) is 4.96 Å². The van der Waals surface area contributed by atoms with Gasteiger partial charge in [-0.25, -0.2) is 0 Å². The molecule has 0 amide bonds. The number of hydrogen-bond donors (Lipinski definition) is 0. The number of piperazine rings is 1. The fourth-order valence-corrected chi connectivity index (χ4v) is 4.08. The first-order chi connectivity index (χ1) is 11.2. The van der Waals surface area contributed by atoms with Gasteiger partial charge in [-0.15, -0.1) is 0 Å². The monoisotopic (exact) mass is 337 g/mol. The van der Waals surface area contributed by atoms with E-state index in [4.69, 9.17) is 4.74 Å². The molecule has 0 aromatic carbocycles. The summed E-state index contributed by atoms with van der Waals surface area (Å²) in [6.45, 7) is 6.19. The molecule has 0 spiro atoms. The van der Waals surface area contributed by atoms with E-state index in [2.05, 4.69) is 9.88 Å². The van der Waals surface area contributed by atoms with Crippen LogP contribution in [0.2, 0.25) is 0 Å². The van der Waals surface area contributed by atoms with Gasteiger partial charge in [-0.3, -0.25) is 4.90 Å². The first-order valence-electron chi connectivity index (χ1n) is 7.87. The number of fused-ring (bicyclic) bond motifs is 1. The zero-order valence-corrected chi connectivity index (χ0v) is 13.6. The first-order valence-corrected chi connectivity index (χ1v) is 8.75. The van der Waals surface area contributed by atoms with Gasteiger partial charge in [-0.2, -0.15) is 9.38 Å². The van der Waals surface area contributed by atoms with Crippen molar-refractivity contribution in [3.63, 3.8) is 0 Å². The quantitative estimate of drug-likeness (QED) is 0.621. The molecule has 1 unspecified atom stereocenters. The predicted molar refractivity (Wildman–Crippen MR) is 87.3 cm³/mol. The lowest BCUT2D eigenvalue weighted by Gasteiger charge is -2.35. The van der Waals surface area contributed by atoms with Gasteiger partial charge < -0.3 is 19.8 Å². The molecule has 0 aliphatic carbocycles. The summed E-state index contributed by atoms with van der Waals surface area (Å²) in [5, 5.41) is 13.3. The van der Waals surface area contributed by atoms with Gasteiger partial charge >= 0.3 is 5.82 Å². The third kappa shape index (κ3) is 2.79.